The third-order valence-electron chi connectivity index (χ3n) is 4.61. The van der Waals surface area contributed by atoms with Gasteiger partial charge in [0.15, 0.2) is 0 Å². The van der Waals surface area contributed by atoms with Gasteiger partial charge in [-0.15, -0.1) is 0 Å². The van der Waals surface area contributed by atoms with Crippen molar-refractivity contribution in [2.45, 2.75) is 39.3 Å². The third-order valence-corrected chi connectivity index (χ3v) is 4.61. The molecule has 134 valence electrons. The van der Waals surface area contributed by atoms with Gasteiger partial charge in [0.1, 0.15) is 11.5 Å². The summed E-state index contributed by atoms with van der Waals surface area (Å²) >= 11 is 0. The van der Waals surface area contributed by atoms with Crippen LogP contribution >= 0.6 is 0 Å². The van der Waals surface area contributed by atoms with Gasteiger partial charge in [0.05, 0.1) is 6.04 Å². The molecule has 2 aromatic rings. The maximum absolute atomic E-state index is 11.1. The highest BCUT2D eigenvalue weighted by atomic mass is 16.3. The highest BCUT2D eigenvalue weighted by Crippen LogP contribution is 2.26. The summed E-state index contributed by atoms with van der Waals surface area (Å²) in [6.45, 7) is 7.44. The molecule has 1 atom stereocenters. The highest BCUT2D eigenvalue weighted by Gasteiger charge is 2.25. The minimum Gasteiger partial charge on any atom is -0.465 e. The maximum atomic E-state index is 11.1. The van der Waals surface area contributed by atoms with Crippen molar-refractivity contribution in [1.82, 2.24) is 10.2 Å². The number of nitrogens with zero attached hydrogens (tertiary/aromatic N) is 1. The van der Waals surface area contributed by atoms with Gasteiger partial charge in [-0.2, -0.15) is 0 Å². The Kier molecular flexibility index (Phi) is 5.89. The summed E-state index contributed by atoms with van der Waals surface area (Å²) in [5.41, 5.74) is 2.03. The number of amides is 1. The average Bonchev–Trinajstić information content (AvgIpc) is 3.24. The van der Waals surface area contributed by atoms with Crippen molar-refractivity contribution in [1.29, 1.82) is 0 Å². The lowest BCUT2D eigenvalue weighted by molar-refractivity contribution is -0.114. The molecule has 1 amide bonds. The molecular weight excluding hydrogens is 314 g/mol. The number of benzene rings is 1. The molecule has 0 bridgehead atoms. The van der Waals surface area contributed by atoms with E-state index in [1.165, 1.54) is 25.3 Å². The molecule has 1 saturated heterocycles. The predicted molar refractivity (Wildman–Crippen MR) is 99.4 cm³/mol. The Morgan fingerprint density at radius 3 is 2.48 bits per heavy atom. The fraction of sp³-hybridized carbons (Fsp3) is 0.450. The number of hydrogen-bond donors (Lipinski definition) is 2. The van der Waals surface area contributed by atoms with Crippen molar-refractivity contribution in [3.05, 3.63) is 53.5 Å². The van der Waals surface area contributed by atoms with E-state index in [1.54, 1.807) is 0 Å². The van der Waals surface area contributed by atoms with E-state index in [9.17, 15) is 4.79 Å². The number of nitrogens with one attached hydrogen (secondary N) is 2. The molecule has 3 rings (SSSR count). The summed E-state index contributed by atoms with van der Waals surface area (Å²) in [5, 5.41) is 6.35. The van der Waals surface area contributed by atoms with E-state index in [0.717, 1.165) is 43.4 Å². The smallest absolute Gasteiger partial charge is 0.221 e. The minimum atomic E-state index is -0.0481. The summed E-state index contributed by atoms with van der Waals surface area (Å²) in [4.78, 5) is 13.6. The van der Waals surface area contributed by atoms with Gasteiger partial charge in [0, 0.05) is 25.7 Å². The normalized spacial score (nSPS) is 16.1. The molecule has 0 spiro atoms. The van der Waals surface area contributed by atoms with Crippen LogP contribution in [-0.2, 0) is 11.3 Å². The van der Waals surface area contributed by atoms with E-state index >= 15 is 0 Å². The van der Waals surface area contributed by atoms with Gasteiger partial charge in [0.25, 0.3) is 0 Å². The molecule has 1 aromatic heterocycles. The molecule has 25 heavy (non-hydrogen) atoms. The lowest BCUT2D eigenvalue weighted by Gasteiger charge is -2.26. The fourth-order valence-corrected chi connectivity index (χ4v) is 3.36. The zero-order valence-corrected chi connectivity index (χ0v) is 15.0. The Balaban J connectivity index is 1.56. The Morgan fingerprint density at radius 2 is 1.88 bits per heavy atom. The minimum absolute atomic E-state index is 0.0481. The number of hydrogen-bond acceptors (Lipinski definition) is 4. The Labute approximate surface area is 149 Å². The molecule has 2 heterocycles. The molecule has 1 aliphatic heterocycles. The third kappa shape index (κ3) is 4.94. The Hall–Kier alpha value is -2.11. The van der Waals surface area contributed by atoms with Crippen molar-refractivity contribution in [3.8, 4) is 0 Å². The van der Waals surface area contributed by atoms with Gasteiger partial charge < -0.3 is 15.1 Å². The van der Waals surface area contributed by atoms with Gasteiger partial charge in [-0.05, 0) is 62.7 Å². The number of anilines is 1. The van der Waals surface area contributed by atoms with Crippen LogP contribution < -0.4 is 10.6 Å². The standard InChI is InChI=1S/C20H27N3O2/c1-15-5-10-20(25-15)19(23-11-3-4-12-23)14-21-13-17-6-8-18(9-7-17)22-16(2)24/h5-10,19,21H,3-4,11-14H2,1-2H3,(H,22,24). The van der Waals surface area contributed by atoms with Gasteiger partial charge in [-0.3, -0.25) is 9.69 Å². The van der Waals surface area contributed by atoms with Gasteiger partial charge in [-0.1, -0.05) is 12.1 Å². The van der Waals surface area contributed by atoms with E-state index in [2.05, 4.69) is 21.6 Å². The average molecular weight is 341 g/mol. The number of aryl methyl sites for hydroxylation is 1. The second-order valence-electron chi connectivity index (χ2n) is 6.72. The van der Waals surface area contributed by atoms with E-state index in [1.807, 2.05) is 37.3 Å². The monoisotopic (exact) mass is 341 g/mol. The van der Waals surface area contributed by atoms with Gasteiger partial charge in [-0.25, -0.2) is 0 Å². The number of furan rings is 1. The van der Waals surface area contributed by atoms with E-state index < -0.39 is 0 Å². The SMILES string of the molecule is CC(=O)Nc1ccc(CNCC(c2ccc(C)o2)N2CCCC2)cc1. The summed E-state index contributed by atoms with van der Waals surface area (Å²) in [7, 11) is 0. The molecule has 0 aliphatic carbocycles. The number of carbonyl (C=O) groups excluding carboxylic acids is 1. The van der Waals surface area contributed by atoms with Crippen LogP contribution in [0.1, 0.15) is 42.9 Å². The van der Waals surface area contributed by atoms with Crippen LogP contribution in [0.4, 0.5) is 5.69 Å². The zero-order chi connectivity index (χ0) is 17.6. The summed E-state index contributed by atoms with van der Waals surface area (Å²) in [6, 6.07) is 12.4. The Morgan fingerprint density at radius 1 is 1.16 bits per heavy atom. The van der Waals surface area contributed by atoms with Crippen molar-refractivity contribution in [2.24, 2.45) is 0 Å². The number of carbonyl (C=O) groups is 1. The lowest BCUT2D eigenvalue weighted by Crippen LogP contribution is -2.33. The first-order chi connectivity index (χ1) is 12.1. The van der Waals surface area contributed by atoms with E-state index in [0.29, 0.717) is 0 Å². The lowest BCUT2D eigenvalue weighted by atomic mass is 10.1. The summed E-state index contributed by atoms with van der Waals surface area (Å²) in [5.74, 6) is 1.97. The molecule has 1 aliphatic rings. The molecule has 5 nitrogen and oxygen atoms in total. The topological polar surface area (TPSA) is 57.5 Å². The van der Waals surface area contributed by atoms with Crippen LogP contribution in [0.15, 0.2) is 40.8 Å². The second-order valence-corrected chi connectivity index (χ2v) is 6.72. The van der Waals surface area contributed by atoms with Crippen molar-refractivity contribution in [3.63, 3.8) is 0 Å². The van der Waals surface area contributed by atoms with Crippen LogP contribution in [0.5, 0.6) is 0 Å². The van der Waals surface area contributed by atoms with Crippen LogP contribution in [0.25, 0.3) is 0 Å². The van der Waals surface area contributed by atoms with E-state index in [-0.39, 0.29) is 11.9 Å². The van der Waals surface area contributed by atoms with Crippen LogP contribution in [-0.4, -0.2) is 30.4 Å². The first-order valence-corrected chi connectivity index (χ1v) is 8.99. The van der Waals surface area contributed by atoms with Crippen LogP contribution in [0.3, 0.4) is 0 Å². The van der Waals surface area contributed by atoms with Crippen LogP contribution in [0, 0.1) is 6.92 Å². The first kappa shape index (κ1) is 17.7. The number of rotatable bonds is 7. The second kappa shape index (κ2) is 8.32. The van der Waals surface area contributed by atoms with Crippen molar-refractivity contribution in [2.75, 3.05) is 25.0 Å². The summed E-state index contributed by atoms with van der Waals surface area (Å²) < 4.78 is 5.89. The van der Waals surface area contributed by atoms with Gasteiger partial charge in [0.2, 0.25) is 5.91 Å². The molecule has 1 aromatic carbocycles. The zero-order valence-electron chi connectivity index (χ0n) is 15.0. The van der Waals surface area contributed by atoms with Gasteiger partial charge >= 0.3 is 0 Å². The van der Waals surface area contributed by atoms with E-state index in [4.69, 9.17) is 4.42 Å². The maximum Gasteiger partial charge on any atom is 0.221 e. The Bertz CT molecular complexity index is 687. The molecule has 5 heteroatoms. The quantitative estimate of drug-likeness (QED) is 0.810. The molecule has 1 unspecified atom stereocenters. The molecule has 2 N–H and O–H groups in total. The molecule has 1 fully saturated rings. The van der Waals surface area contributed by atoms with Crippen molar-refractivity contribution < 1.29 is 9.21 Å². The molecule has 0 radical (unpaired) electrons. The van der Waals surface area contributed by atoms with Crippen LogP contribution in [0.2, 0.25) is 0 Å². The predicted octanol–water partition coefficient (Wildman–Crippen LogP) is 3.47. The van der Waals surface area contributed by atoms with Crippen molar-refractivity contribution >= 4 is 11.6 Å². The number of likely N-dealkylation sites (tertiary alicyclic amines) is 1. The first-order valence-electron chi connectivity index (χ1n) is 8.99. The largest absolute Gasteiger partial charge is 0.465 e. The molecule has 0 saturated carbocycles. The summed E-state index contributed by atoms with van der Waals surface area (Å²) in [6.07, 6.45) is 2.53. The fourth-order valence-electron chi connectivity index (χ4n) is 3.36. The molecular formula is C20H27N3O2. The highest BCUT2D eigenvalue weighted by molar-refractivity contribution is 5.88.